The number of fused-ring (bicyclic) bond motifs is 1. The molecule has 3 rings (SSSR count). The molecule has 7 atom stereocenters. The van der Waals surface area contributed by atoms with Crippen LogP contribution in [0.25, 0.3) is 0 Å². The molecule has 0 aliphatic carbocycles. The average Bonchev–Trinajstić information content (AvgIpc) is 3.18. The quantitative estimate of drug-likeness (QED) is 0.214. The van der Waals surface area contributed by atoms with Crippen LogP contribution in [0.4, 0.5) is 0 Å². The minimum atomic E-state index is -0.946. The number of nitrogens with one attached hydrogen (secondary N) is 4. The molecule has 0 aromatic carbocycles. The molecule has 10 heteroatoms. The van der Waals surface area contributed by atoms with E-state index in [1.165, 1.54) is 0 Å². The van der Waals surface area contributed by atoms with Crippen molar-refractivity contribution in [2.24, 2.45) is 5.73 Å². The van der Waals surface area contributed by atoms with Crippen molar-refractivity contribution in [2.75, 3.05) is 46.6 Å². The lowest BCUT2D eigenvalue weighted by atomic mass is 10.1. The van der Waals surface area contributed by atoms with Gasteiger partial charge < -0.3 is 31.3 Å². The summed E-state index contributed by atoms with van der Waals surface area (Å²) in [5.41, 5.74) is 6.42. The molecule has 3 saturated heterocycles. The summed E-state index contributed by atoms with van der Waals surface area (Å²) in [6.45, 7) is 6.47. The largest absolute Gasteiger partial charge is 0.387 e. The molecule has 152 valence electrons. The molecule has 0 radical (unpaired) electrons. The molecule has 0 aromatic heterocycles. The Morgan fingerprint density at radius 1 is 1.19 bits per heavy atom. The second-order valence-electron chi connectivity index (χ2n) is 7.37. The lowest BCUT2D eigenvalue weighted by Crippen LogP contribution is -2.69. The van der Waals surface area contributed by atoms with Gasteiger partial charge in [0.25, 0.3) is 0 Å². The highest BCUT2D eigenvalue weighted by molar-refractivity contribution is 5.02. The number of ether oxygens (including phenoxy) is 1. The maximum atomic E-state index is 10.5. The molecule has 0 bridgehead atoms. The summed E-state index contributed by atoms with van der Waals surface area (Å²) >= 11 is 0. The predicted octanol–water partition coefficient (Wildman–Crippen LogP) is -3.64. The number of nitrogens with two attached hydrogens (primary N) is 1. The standard InChI is InChI=1S/C16H35N7O3/c1-3-6-22-8-21-15-11(14(22)17)20-9-23(15)16-13(25)12(24)10(26-16)7-19-5-4-18-2/h10-16,18-21,24-25H,3-9,17H2,1-2H3/t10-,11?,12-,13-,14?,15?,16-/m1/s1. The van der Waals surface area contributed by atoms with E-state index in [1.54, 1.807) is 0 Å². The van der Waals surface area contributed by atoms with E-state index in [0.29, 0.717) is 19.9 Å². The molecule has 0 saturated carbocycles. The zero-order valence-corrected chi connectivity index (χ0v) is 15.8. The second kappa shape index (κ2) is 9.20. The van der Waals surface area contributed by atoms with Gasteiger partial charge in [-0.3, -0.25) is 15.5 Å². The smallest absolute Gasteiger partial charge is 0.142 e. The topological polar surface area (TPSA) is 130 Å². The first-order valence-electron chi connectivity index (χ1n) is 9.67. The van der Waals surface area contributed by atoms with Crippen LogP contribution in [0.2, 0.25) is 0 Å². The maximum absolute atomic E-state index is 10.5. The van der Waals surface area contributed by atoms with E-state index in [0.717, 1.165) is 26.1 Å². The molecule has 8 N–H and O–H groups in total. The van der Waals surface area contributed by atoms with Crippen molar-refractivity contribution in [3.8, 4) is 0 Å². The van der Waals surface area contributed by atoms with Crippen LogP contribution in [0.3, 0.4) is 0 Å². The van der Waals surface area contributed by atoms with Crippen LogP contribution in [0.15, 0.2) is 0 Å². The van der Waals surface area contributed by atoms with Crippen LogP contribution in [-0.4, -0.2) is 109 Å². The zero-order chi connectivity index (χ0) is 18.7. The Hall–Kier alpha value is -0.400. The van der Waals surface area contributed by atoms with Crippen molar-refractivity contribution in [2.45, 2.75) is 56.3 Å². The Kier molecular flexibility index (Phi) is 7.19. The Balaban J connectivity index is 1.58. The van der Waals surface area contributed by atoms with Crippen molar-refractivity contribution >= 4 is 0 Å². The van der Waals surface area contributed by atoms with Gasteiger partial charge in [0.1, 0.15) is 24.5 Å². The first-order valence-corrected chi connectivity index (χ1v) is 9.67. The number of hydrogen-bond donors (Lipinski definition) is 7. The second-order valence-corrected chi connectivity index (χ2v) is 7.37. The van der Waals surface area contributed by atoms with Crippen LogP contribution in [0.1, 0.15) is 13.3 Å². The third-order valence-corrected chi connectivity index (χ3v) is 5.57. The van der Waals surface area contributed by atoms with Gasteiger partial charge in [0.15, 0.2) is 0 Å². The van der Waals surface area contributed by atoms with Crippen molar-refractivity contribution in [1.82, 2.24) is 31.1 Å². The normalized spacial score (nSPS) is 41.7. The number of likely N-dealkylation sites (N-methyl/N-ethyl adjacent to an activating group) is 1. The summed E-state index contributed by atoms with van der Waals surface area (Å²) in [4.78, 5) is 4.25. The summed E-state index contributed by atoms with van der Waals surface area (Å²) in [5, 5.41) is 34.1. The summed E-state index contributed by atoms with van der Waals surface area (Å²) in [7, 11) is 1.89. The first-order chi connectivity index (χ1) is 12.6. The highest BCUT2D eigenvalue weighted by atomic mass is 16.6. The molecular formula is C16H35N7O3. The van der Waals surface area contributed by atoms with Gasteiger partial charge in [0.2, 0.25) is 0 Å². The molecule has 3 aliphatic heterocycles. The summed E-state index contributed by atoms with van der Waals surface area (Å²) in [5.74, 6) is 0. The van der Waals surface area contributed by atoms with Crippen molar-refractivity contribution in [3.63, 3.8) is 0 Å². The van der Waals surface area contributed by atoms with Crippen LogP contribution in [0.5, 0.6) is 0 Å². The molecule has 26 heavy (non-hydrogen) atoms. The predicted molar refractivity (Wildman–Crippen MR) is 97.9 cm³/mol. The molecular weight excluding hydrogens is 338 g/mol. The summed E-state index contributed by atoms with van der Waals surface area (Å²) in [6.07, 6.45) is -1.90. The Bertz CT molecular complexity index is 446. The fraction of sp³-hybridized carbons (Fsp3) is 1.00. The van der Waals surface area contributed by atoms with Crippen LogP contribution < -0.4 is 27.0 Å². The van der Waals surface area contributed by atoms with Gasteiger partial charge in [-0.2, -0.15) is 0 Å². The lowest BCUT2D eigenvalue weighted by molar-refractivity contribution is -0.107. The van der Waals surface area contributed by atoms with Crippen molar-refractivity contribution in [1.29, 1.82) is 0 Å². The van der Waals surface area contributed by atoms with Gasteiger partial charge in [-0.25, -0.2) is 4.90 Å². The van der Waals surface area contributed by atoms with Gasteiger partial charge in [-0.1, -0.05) is 6.92 Å². The minimum Gasteiger partial charge on any atom is -0.387 e. The van der Waals surface area contributed by atoms with Crippen molar-refractivity contribution < 1.29 is 14.9 Å². The van der Waals surface area contributed by atoms with Gasteiger partial charge in [-0.15, -0.1) is 0 Å². The van der Waals surface area contributed by atoms with Crippen LogP contribution in [-0.2, 0) is 4.74 Å². The lowest BCUT2D eigenvalue weighted by Gasteiger charge is -2.43. The van der Waals surface area contributed by atoms with Crippen LogP contribution >= 0.6 is 0 Å². The highest BCUT2D eigenvalue weighted by Gasteiger charge is 2.52. The number of hydrogen-bond acceptors (Lipinski definition) is 10. The van der Waals surface area contributed by atoms with E-state index < -0.39 is 24.5 Å². The molecule has 3 heterocycles. The number of nitrogens with zero attached hydrogens (tertiary/aromatic N) is 2. The first kappa shape index (κ1) is 20.3. The van der Waals surface area contributed by atoms with E-state index in [1.807, 2.05) is 11.9 Å². The Morgan fingerprint density at radius 2 is 2.00 bits per heavy atom. The SMILES string of the molecule is CCCN1CNC2C(NCN2[C@@H]2O[C@H](CNCCNC)[C@@H](O)[C@H]2O)C1N. The van der Waals surface area contributed by atoms with Crippen molar-refractivity contribution in [3.05, 3.63) is 0 Å². The zero-order valence-electron chi connectivity index (χ0n) is 15.8. The van der Waals surface area contributed by atoms with Gasteiger partial charge in [-0.05, 0) is 13.5 Å². The monoisotopic (exact) mass is 373 g/mol. The van der Waals surface area contributed by atoms with E-state index >= 15 is 0 Å². The third-order valence-electron chi connectivity index (χ3n) is 5.57. The number of aliphatic hydroxyl groups is 2. The Labute approximate surface area is 155 Å². The molecule has 3 unspecified atom stereocenters. The number of aliphatic hydroxyl groups excluding tert-OH is 2. The molecule has 0 aromatic rings. The van der Waals surface area contributed by atoms with Gasteiger partial charge in [0.05, 0.1) is 31.7 Å². The summed E-state index contributed by atoms with van der Waals surface area (Å²) in [6, 6.07) is 0.0519. The highest BCUT2D eigenvalue weighted by Crippen LogP contribution is 2.29. The van der Waals surface area contributed by atoms with E-state index in [9.17, 15) is 10.2 Å². The molecule has 0 amide bonds. The van der Waals surface area contributed by atoms with Gasteiger partial charge >= 0.3 is 0 Å². The van der Waals surface area contributed by atoms with E-state index in [2.05, 4.69) is 33.1 Å². The Morgan fingerprint density at radius 3 is 2.73 bits per heavy atom. The average molecular weight is 374 g/mol. The van der Waals surface area contributed by atoms with Crippen LogP contribution in [0, 0.1) is 0 Å². The van der Waals surface area contributed by atoms with Gasteiger partial charge in [0, 0.05) is 26.2 Å². The van der Waals surface area contributed by atoms with E-state index in [4.69, 9.17) is 10.5 Å². The summed E-state index contributed by atoms with van der Waals surface area (Å²) < 4.78 is 6.02. The molecule has 0 spiro atoms. The molecule has 3 fully saturated rings. The molecule has 10 nitrogen and oxygen atoms in total. The minimum absolute atomic E-state index is 0.0269. The molecule has 3 aliphatic rings. The third kappa shape index (κ3) is 4.04. The van der Waals surface area contributed by atoms with E-state index in [-0.39, 0.29) is 18.4 Å². The number of rotatable bonds is 8. The fourth-order valence-electron chi connectivity index (χ4n) is 4.12. The fourth-order valence-corrected chi connectivity index (χ4v) is 4.12. The maximum Gasteiger partial charge on any atom is 0.142 e.